The van der Waals surface area contributed by atoms with Crippen LogP contribution in [0, 0.1) is 5.92 Å². The predicted octanol–water partition coefficient (Wildman–Crippen LogP) is 2.79. The average Bonchev–Trinajstić information content (AvgIpc) is 2.51. The van der Waals surface area contributed by atoms with Gasteiger partial charge in [0.15, 0.2) is 0 Å². The fraction of sp³-hybridized carbons (Fsp3) is 0.706. The van der Waals surface area contributed by atoms with Crippen LogP contribution in [0.25, 0.3) is 0 Å². The summed E-state index contributed by atoms with van der Waals surface area (Å²) in [6.45, 7) is 10.9. The Labute approximate surface area is 128 Å². The van der Waals surface area contributed by atoms with E-state index in [1.165, 1.54) is 25.9 Å². The van der Waals surface area contributed by atoms with E-state index in [1.54, 1.807) is 10.6 Å². The molecule has 1 aliphatic rings. The van der Waals surface area contributed by atoms with Crippen LogP contribution in [0.4, 0.5) is 5.69 Å². The Hall–Kier alpha value is -1.29. The summed E-state index contributed by atoms with van der Waals surface area (Å²) >= 11 is 0. The number of hydrogen-bond acceptors (Lipinski definition) is 3. The zero-order chi connectivity index (χ0) is 15.2. The van der Waals surface area contributed by atoms with E-state index in [1.807, 2.05) is 12.3 Å². The van der Waals surface area contributed by atoms with E-state index < -0.39 is 0 Å². The molecule has 2 unspecified atom stereocenters. The van der Waals surface area contributed by atoms with Crippen molar-refractivity contribution in [2.75, 3.05) is 25.0 Å². The molecular weight excluding hydrogens is 262 g/mol. The van der Waals surface area contributed by atoms with Crippen molar-refractivity contribution in [1.82, 2.24) is 9.47 Å². The Morgan fingerprint density at radius 1 is 1.38 bits per heavy atom. The Morgan fingerprint density at radius 3 is 2.90 bits per heavy atom. The van der Waals surface area contributed by atoms with Crippen LogP contribution in [0.5, 0.6) is 0 Å². The molecule has 0 aliphatic carbocycles. The second kappa shape index (κ2) is 7.64. The zero-order valence-corrected chi connectivity index (χ0v) is 13.6. The highest BCUT2D eigenvalue weighted by Gasteiger charge is 2.23. The largest absolute Gasteiger partial charge is 0.381 e. The van der Waals surface area contributed by atoms with Gasteiger partial charge in [0.25, 0.3) is 5.56 Å². The first-order chi connectivity index (χ1) is 10.1. The lowest BCUT2D eigenvalue weighted by Crippen LogP contribution is -2.41. The minimum Gasteiger partial charge on any atom is -0.381 e. The van der Waals surface area contributed by atoms with E-state index in [9.17, 15) is 4.79 Å². The average molecular weight is 291 g/mol. The van der Waals surface area contributed by atoms with E-state index in [2.05, 4.69) is 31.0 Å². The molecule has 1 aromatic rings. The fourth-order valence-corrected chi connectivity index (χ4v) is 3.20. The van der Waals surface area contributed by atoms with E-state index in [0.717, 1.165) is 25.2 Å². The van der Waals surface area contributed by atoms with Gasteiger partial charge in [-0.05, 0) is 51.3 Å². The Balaban J connectivity index is 2.00. The summed E-state index contributed by atoms with van der Waals surface area (Å²) in [6.07, 6.45) is 5.52. The van der Waals surface area contributed by atoms with Crippen molar-refractivity contribution < 1.29 is 0 Å². The van der Waals surface area contributed by atoms with Crippen LogP contribution >= 0.6 is 0 Å². The van der Waals surface area contributed by atoms with Crippen LogP contribution in [-0.2, 0) is 6.54 Å². The summed E-state index contributed by atoms with van der Waals surface area (Å²) in [7, 11) is 0. The standard InChI is InChI=1S/C17H29N3O/c1-4-10-20-13-16(8-9-17(20)21)18-14(3)15-7-6-11-19(5-2)12-15/h8-9,13-15,18H,4-7,10-12H2,1-3H3. The molecule has 118 valence electrons. The first-order valence-corrected chi connectivity index (χ1v) is 8.33. The molecule has 0 saturated carbocycles. The molecule has 2 atom stereocenters. The molecule has 0 bridgehead atoms. The van der Waals surface area contributed by atoms with Gasteiger partial charge < -0.3 is 14.8 Å². The molecule has 1 aromatic heterocycles. The number of aryl methyl sites for hydroxylation is 1. The molecule has 1 saturated heterocycles. The number of pyridine rings is 1. The smallest absolute Gasteiger partial charge is 0.250 e. The van der Waals surface area contributed by atoms with Gasteiger partial charge in [0.1, 0.15) is 0 Å². The van der Waals surface area contributed by atoms with Crippen LogP contribution in [0.3, 0.4) is 0 Å². The third-order valence-corrected chi connectivity index (χ3v) is 4.54. The van der Waals surface area contributed by atoms with Gasteiger partial charge in [0.05, 0.1) is 5.69 Å². The molecule has 0 aromatic carbocycles. The van der Waals surface area contributed by atoms with Gasteiger partial charge in [-0.1, -0.05) is 13.8 Å². The molecule has 4 nitrogen and oxygen atoms in total. The van der Waals surface area contributed by atoms with Gasteiger partial charge in [-0.2, -0.15) is 0 Å². The van der Waals surface area contributed by atoms with Gasteiger partial charge in [-0.3, -0.25) is 4.79 Å². The number of likely N-dealkylation sites (tertiary alicyclic amines) is 1. The van der Waals surface area contributed by atoms with Crippen molar-refractivity contribution in [2.45, 2.75) is 52.6 Å². The summed E-state index contributed by atoms with van der Waals surface area (Å²) in [5, 5.41) is 3.60. The lowest BCUT2D eigenvalue weighted by molar-refractivity contribution is 0.172. The van der Waals surface area contributed by atoms with Crippen molar-refractivity contribution in [3.63, 3.8) is 0 Å². The number of aromatic nitrogens is 1. The maximum absolute atomic E-state index is 11.8. The van der Waals surface area contributed by atoms with Crippen LogP contribution in [0.1, 0.15) is 40.0 Å². The lowest BCUT2D eigenvalue weighted by Gasteiger charge is -2.35. The van der Waals surface area contributed by atoms with E-state index in [0.29, 0.717) is 12.0 Å². The quantitative estimate of drug-likeness (QED) is 0.875. The first kappa shape index (κ1) is 16.1. The van der Waals surface area contributed by atoms with E-state index in [4.69, 9.17) is 0 Å². The Morgan fingerprint density at radius 2 is 2.19 bits per heavy atom. The lowest BCUT2D eigenvalue weighted by atomic mass is 9.91. The van der Waals surface area contributed by atoms with Gasteiger partial charge in [-0.15, -0.1) is 0 Å². The zero-order valence-electron chi connectivity index (χ0n) is 13.6. The van der Waals surface area contributed by atoms with Crippen LogP contribution < -0.4 is 10.9 Å². The van der Waals surface area contributed by atoms with Crippen molar-refractivity contribution in [3.05, 3.63) is 28.7 Å². The molecule has 1 aliphatic heterocycles. The predicted molar refractivity (Wildman–Crippen MR) is 88.9 cm³/mol. The first-order valence-electron chi connectivity index (χ1n) is 8.33. The number of anilines is 1. The SMILES string of the molecule is CCCn1cc(NC(C)C2CCCN(CC)C2)ccc1=O. The van der Waals surface area contributed by atoms with Gasteiger partial charge in [0.2, 0.25) is 0 Å². The maximum atomic E-state index is 11.8. The topological polar surface area (TPSA) is 37.3 Å². The van der Waals surface area contributed by atoms with E-state index in [-0.39, 0.29) is 5.56 Å². The molecule has 1 fully saturated rings. The van der Waals surface area contributed by atoms with Gasteiger partial charge >= 0.3 is 0 Å². The van der Waals surface area contributed by atoms with E-state index >= 15 is 0 Å². The number of nitrogens with zero attached hydrogens (tertiary/aromatic N) is 2. The molecule has 0 spiro atoms. The third kappa shape index (κ3) is 4.34. The minimum atomic E-state index is 0.0878. The number of nitrogens with one attached hydrogen (secondary N) is 1. The number of piperidine rings is 1. The molecule has 0 amide bonds. The van der Waals surface area contributed by atoms with Crippen molar-refractivity contribution in [2.24, 2.45) is 5.92 Å². The highest BCUT2D eigenvalue weighted by molar-refractivity contribution is 5.41. The second-order valence-electron chi connectivity index (χ2n) is 6.18. The number of hydrogen-bond donors (Lipinski definition) is 1. The Kier molecular flexibility index (Phi) is 5.85. The summed E-state index contributed by atoms with van der Waals surface area (Å²) in [5.74, 6) is 0.685. The molecule has 0 radical (unpaired) electrons. The van der Waals surface area contributed by atoms with Crippen molar-refractivity contribution in [1.29, 1.82) is 0 Å². The molecule has 1 N–H and O–H groups in total. The normalized spacial score (nSPS) is 21.2. The van der Waals surface area contributed by atoms with Crippen molar-refractivity contribution >= 4 is 5.69 Å². The summed E-state index contributed by atoms with van der Waals surface area (Å²) in [4.78, 5) is 14.3. The summed E-state index contributed by atoms with van der Waals surface area (Å²) in [5.41, 5.74) is 1.15. The van der Waals surface area contributed by atoms with Crippen LogP contribution in [-0.4, -0.2) is 35.1 Å². The Bertz CT molecular complexity index is 497. The van der Waals surface area contributed by atoms with Crippen LogP contribution in [0.2, 0.25) is 0 Å². The third-order valence-electron chi connectivity index (χ3n) is 4.54. The highest BCUT2D eigenvalue weighted by Crippen LogP contribution is 2.22. The maximum Gasteiger partial charge on any atom is 0.250 e. The summed E-state index contributed by atoms with van der Waals surface area (Å²) < 4.78 is 1.80. The van der Waals surface area contributed by atoms with Crippen LogP contribution in [0.15, 0.2) is 23.1 Å². The van der Waals surface area contributed by atoms with Gasteiger partial charge in [-0.25, -0.2) is 0 Å². The molecular formula is C17H29N3O. The molecule has 2 rings (SSSR count). The monoisotopic (exact) mass is 291 g/mol. The van der Waals surface area contributed by atoms with Gasteiger partial charge in [0, 0.05) is 31.4 Å². The molecule has 4 heteroatoms. The fourth-order valence-electron chi connectivity index (χ4n) is 3.20. The molecule has 21 heavy (non-hydrogen) atoms. The highest BCUT2D eigenvalue weighted by atomic mass is 16.1. The molecule has 2 heterocycles. The minimum absolute atomic E-state index is 0.0878. The van der Waals surface area contributed by atoms with Crippen molar-refractivity contribution in [3.8, 4) is 0 Å². The second-order valence-corrected chi connectivity index (χ2v) is 6.18. The summed E-state index contributed by atoms with van der Waals surface area (Å²) in [6, 6.07) is 4.02. The number of rotatable bonds is 6.